The van der Waals surface area contributed by atoms with Crippen LogP contribution in [0.5, 0.6) is 0 Å². The molecule has 0 radical (unpaired) electrons. The predicted octanol–water partition coefficient (Wildman–Crippen LogP) is 3.89. The van der Waals surface area contributed by atoms with Crippen molar-refractivity contribution in [3.8, 4) is 0 Å². The minimum Gasteiger partial charge on any atom is -0.371 e. The van der Waals surface area contributed by atoms with E-state index < -0.39 is 0 Å². The van der Waals surface area contributed by atoms with Gasteiger partial charge in [0.25, 0.3) is 0 Å². The molecule has 3 heteroatoms. The predicted molar refractivity (Wildman–Crippen MR) is 74.8 cm³/mol. The summed E-state index contributed by atoms with van der Waals surface area (Å²) < 4.78 is 0.903. The molecule has 1 atom stereocenters. The minimum absolute atomic E-state index is 0.107. The fourth-order valence-electron chi connectivity index (χ4n) is 2.41. The Hall–Kier alpha value is -0.830. The molecule has 17 heavy (non-hydrogen) atoms. The molecule has 0 bridgehead atoms. The average Bonchev–Trinajstić information content (AvgIpc) is 2.28. The van der Waals surface area contributed by atoms with Gasteiger partial charge in [0, 0.05) is 28.8 Å². The van der Waals surface area contributed by atoms with Gasteiger partial charge < -0.3 is 4.90 Å². The van der Waals surface area contributed by atoms with Crippen molar-refractivity contribution in [2.75, 3.05) is 18.0 Å². The molecule has 0 aliphatic carbocycles. The highest BCUT2D eigenvalue weighted by Crippen LogP contribution is 2.27. The number of Topliss-reactive ketones (excluding diaryl/α,β-unsaturated/α-hetero) is 1. The second-order valence-electron chi connectivity index (χ2n) is 4.91. The fourth-order valence-corrected chi connectivity index (χ4v) is 3.06. The number of nitrogens with zero attached hydrogens (tertiary/aromatic N) is 1. The van der Waals surface area contributed by atoms with Crippen LogP contribution in [0.3, 0.4) is 0 Å². The van der Waals surface area contributed by atoms with Gasteiger partial charge >= 0.3 is 0 Å². The van der Waals surface area contributed by atoms with E-state index in [2.05, 4.69) is 39.9 Å². The molecule has 0 amide bonds. The number of hydrogen-bond donors (Lipinski definition) is 0. The number of halogens is 1. The van der Waals surface area contributed by atoms with Gasteiger partial charge in [-0.05, 0) is 59.8 Å². The number of benzene rings is 1. The third kappa shape index (κ3) is 2.89. The topological polar surface area (TPSA) is 20.3 Å². The van der Waals surface area contributed by atoms with E-state index in [0.29, 0.717) is 0 Å². The molecule has 1 fully saturated rings. The fraction of sp³-hybridized carbons (Fsp3) is 0.500. The van der Waals surface area contributed by atoms with Crippen molar-refractivity contribution in [3.05, 3.63) is 28.2 Å². The molecule has 1 saturated heterocycles. The Labute approximate surface area is 111 Å². The summed E-state index contributed by atoms with van der Waals surface area (Å²) in [5, 5.41) is 0. The van der Waals surface area contributed by atoms with E-state index in [1.807, 2.05) is 6.07 Å². The van der Waals surface area contributed by atoms with Crippen LogP contribution in [-0.2, 0) is 0 Å². The number of carbonyl (C=O) groups excluding carboxylic acids is 1. The van der Waals surface area contributed by atoms with Gasteiger partial charge in [0.05, 0.1) is 0 Å². The summed E-state index contributed by atoms with van der Waals surface area (Å²) in [7, 11) is 0. The molecule has 1 unspecified atom stereocenters. The minimum atomic E-state index is 0.107. The second-order valence-corrected chi connectivity index (χ2v) is 5.77. The van der Waals surface area contributed by atoms with E-state index in [1.54, 1.807) is 6.92 Å². The zero-order valence-corrected chi connectivity index (χ0v) is 12.0. The van der Waals surface area contributed by atoms with Crippen LogP contribution in [0.25, 0.3) is 0 Å². The number of ketones is 1. The Balaban J connectivity index is 2.22. The second kappa shape index (κ2) is 5.21. The molecule has 0 spiro atoms. The summed E-state index contributed by atoms with van der Waals surface area (Å²) in [5.41, 5.74) is 1.98. The standard InChI is InChI=1S/C14H18BrNO/c1-10-4-3-7-16(9-10)12-5-6-13(11(2)17)14(15)8-12/h5-6,8,10H,3-4,7,9H2,1-2H3. The van der Waals surface area contributed by atoms with E-state index in [-0.39, 0.29) is 5.78 Å². The molecule has 0 saturated carbocycles. The highest BCUT2D eigenvalue weighted by atomic mass is 79.9. The van der Waals surface area contributed by atoms with Gasteiger partial charge in [-0.25, -0.2) is 0 Å². The summed E-state index contributed by atoms with van der Waals surface area (Å²) in [4.78, 5) is 13.8. The third-order valence-electron chi connectivity index (χ3n) is 3.35. The molecule has 2 nitrogen and oxygen atoms in total. The summed E-state index contributed by atoms with van der Waals surface area (Å²) in [5.74, 6) is 0.866. The SMILES string of the molecule is CC(=O)c1ccc(N2CCCC(C)C2)cc1Br. The van der Waals surface area contributed by atoms with Crippen molar-refractivity contribution >= 4 is 27.4 Å². The zero-order chi connectivity index (χ0) is 12.4. The molecule has 1 heterocycles. The Morgan fingerprint density at radius 2 is 2.24 bits per heavy atom. The first-order valence-corrected chi connectivity index (χ1v) is 6.92. The van der Waals surface area contributed by atoms with Crippen LogP contribution in [0.1, 0.15) is 37.0 Å². The Morgan fingerprint density at radius 1 is 1.47 bits per heavy atom. The molecule has 0 N–H and O–H groups in total. The van der Waals surface area contributed by atoms with E-state index in [1.165, 1.54) is 18.5 Å². The molecule has 1 aliphatic rings. The van der Waals surface area contributed by atoms with Crippen molar-refractivity contribution < 1.29 is 4.79 Å². The molecule has 1 aromatic rings. The van der Waals surface area contributed by atoms with Crippen LogP contribution in [0.15, 0.2) is 22.7 Å². The lowest BCUT2D eigenvalue weighted by Gasteiger charge is -2.33. The summed E-state index contributed by atoms with van der Waals surface area (Å²) >= 11 is 3.48. The molecular weight excluding hydrogens is 278 g/mol. The van der Waals surface area contributed by atoms with Crippen LogP contribution in [0, 0.1) is 5.92 Å². The van der Waals surface area contributed by atoms with Gasteiger partial charge in [-0.15, -0.1) is 0 Å². The van der Waals surface area contributed by atoms with Gasteiger partial charge in [-0.3, -0.25) is 4.79 Å². The number of anilines is 1. The lowest BCUT2D eigenvalue weighted by molar-refractivity contribution is 0.101. The van der Waals surface area contributed by atoms with Crippen LogP contribution >= 0.6 is 15.9 Å². The van der Waals surface area contributed by atoms with Gasteiger partial charge in [-0.2, -0.15) is 0 Å². The summed E-state index contributed by atoms with van der Waals surface area (Å²) in [6, 6.07) is 6.04. The summed E-state index contributed by atoms with van der Waals surface area (Å²) in [6.45, 7) is 6.13. The summed E-state index contributed by atoms with van der Waals surface area (Å²) in [6.07, 6.45) is 2.58. The van der Waals surface area contributed by atoms with Crippen molar-refractivity contribution in [2.24, 2.45) is 5.92 Å². The lowest BCUT2D eigenvalue weighted by Crippen LogP contribution is -2.34. The number of carbonyl (C=O) groups is 1. The highest BCUT2D eigenvalue weighted by molar-refractivity contribution is 9.10. The average molecular weight is 296 g/mol. The van der Waals surface area contributed by atoms with Gasteiger partial charge in [0.1, 0.15) is 0 Å². The van der Waals surface area contributed by atoms with E-state index in [4.69, 9.17) is 0 Å². The van der Waals surface area contributed by atoms with Crippen LogP contribution < -0.4 is 4.90 Å². The number of hydrogen-bond acceptors (Lipinski definition) is 2. The zero-order valence-electron chi connectivity index (χ0n) is 10.4. The van der Waals surface area contributed by atoms with Gasteiger partial charge in [0.2, 0.25) is 0 Å². The molecule has 1 aromatic carbocycles. The first-order chi connectivity index (χ1) is 8.08. The Kier molecular flexibility index (Phi) is 3.87. The third-order valence-corrected chi connectivity index (χ3v) is 4.01. The number of piperidine rings is 1. The number of rotatable bonds is 2. The van der Waals surface area contributed by atoms with Crippen LogP contribution in [0.2, 0.25) is 0 Å². The molecule has 92 valence electrons. The van der Waals surface area contributed by atoms with Gasteiger partial charge in [-0.1, -0.05) is 6.92 Å². The maximum absolute atomic E-state index is 11.4. The largest absolute Gasteiger partial charge is 0.371 e. The smallest absolute Gasteiger partial charge is 0.160 e. The first kappa shape index (κ1) is 12.6. The molecule has 1 aliphatic heterocycles. The monoisotopic (exact) mass is 295 g/mol. The van der Waals surface area contributed by atoms with Crippen LogP contribution in [0.4, 0.5) is 5.69 Å². The Bertz CT molecular complexity index is 430. The molecule has 0 aromatic heterocycles. The molecular formula is C14H18BrNO. The van der Waals surface area contributed by atoms with E-state index >= 15 is 0 Å². The lowest BCUT2D eigenvalue weighted by atomic mass is 9.99. The van der Waals surface area contributed by atoms with Crippen molar-refractivity contribution in [3.63, 3.8) is 0 Å². The quantitative estimate of drug-likeness (QED) is 0.772. The normalized spacial score (nSPS) is 20.4. The Morgan fingerprint density at radius 3 is 2.82 bits per heavy atom. The van der Waals surface area contributed by atoms with Crippen molar-refractivity contribution in [2.45, 2.75) is 26.7 Å². The van der Waals surface area contributed by atoms with Crippen molar-refractivity contribution in [1.82, 2.24) is 0 Å². The van der Waals surface area contributed by atoms with E-state index in [9.17, 15) is 4.79 Å². The first-order valence-electron chi connectivity index (χ1n) is 6.13. The van der Waals surface area contributed by atoms with Crippen molar-refractivity contribution in [1.29, 1.82) is 0 Å². The maximum Gasteiger partial charge on any atom is 0.160 e. The maximum atomic E-state index is 11.4. The highest BCUT2D eigenvalue weighted by Gasteiger charge is 2.17. The van der Waals surface area contributed by atoms with Gasteiger partial charge in [0.15, 0.2) is 5.78 Å². The van der Waals surface area contributed by atoms with Crippen LogP contribution in [-0.4, -0.2) is 18.9 Å². The molecule has 2 rings (SSSR count). The van der Waals surface area contributed by atoms with E-state index in [0.717, 1.165) is 29.0 Å².